The van der Waals surface area contributed by atoms with Crippen LogP contribution in [-0.4, -0.2) is 46.7 Å². The number of nitrogen functional groups attached to an aromatic ring is 1. The van der Waals surface area contributed by atoms with Crippen LogP contribution in [0.15, 0.2) is 36.7 Å². The van der Waals surface area contributed by atoms with Gasteiger partial charge in [0.25, 0.3) is 5.91 Å². The van der Waals surface area contributed by atoms with E-state index in [4.69, 9.17) is 17.3 Å². The maximum atomic E-state index is 13.2. The molecule has 3 aromatic heterocycles. The van der Waals surface area contributed by atoms with Gasteiger partial charge in [-0.3, -0.25) is 9.48 Å². The van der Waals surface area contributed by atoms with Gasteiger partial charge in [0.1, 0.15) is 5.69 Å². The maximum Gasteiger partial charge on any atom is 0.270 e. The van der Waals surface area contributed by atoms with Crippen molar-refractivity contribution < 1.29 is 4.79 Å². The average molecular weight is 490 g/mol. The molecule has 0 unspecified atom stereocenters. The molecule has 1 aliphatic heterocycles. The molecule has 0 saturated heterocycles. The van der Waals surface area contributed by atoms with Gasteiger partial charge in [0, 0.05) is 49.2 Å². The fourth-order valence-electron chi connectivity index (χ4n) is 4.88. The van der Waals surface area contributed by atoms with Crippen molar-refractivity contribution in [1.82, 2.24) is 34.2 Å². The van der Waals surface area contributed by atoms with Crippen LogP contribution in [0.2, 0.25) is 5.02 Å². The zero-order valence-electron chi connectivity index (χ0n) is 19.2. The predicted octanol–water partition coefficient (Wildman–Crippen LogP) is 3.20. The fraction of sp³-hybridized carbons (Fsp3) is 0.292. The van der Waals surface area contributed by atoms with Gasteiger partial charge in [0.05, 0.1) is 11.9 Å². The van der Waals surface area contributed by atoms with Crippen LogP contribution >= 0.6 is 11.6 Å². The lowest BCUT2D eigenvalue weighted by molar-refractivity contribution is 0.0689. The van der Waals surface area contributed by atoms with Crippen molar-refractivity contribution in [2.24, 2.45) is 7.05 Å². The molecule has 3 N–H and O–H groups in total. The Kier molecular flexibility index (Phi) is 5.18. The lowest BCUT2D eigenvalue weighted by atomic mass is 10.1. The second kappa shape index (κ2) is 8.38. The highest BCUT2D eigenvalue weighted by Crippen LogP contribution is 2.31. The van der Waals surface area contributed by atoms with Crippen molar-refractivity contribution >= 4 is 35.1 Å². The number of carbonyl (C=O) groups excluding carboxylic acids is 1. The molecule has 1 aromatic carbocycles. The minimum absolute atomic E-state index is 0.0575. The van der Waals surface area contributed by atoms with Crippen molar-refractivity contribution in [3.63, 3.8) is 0 Å². The van der Waals surface area contributed by atoms with E-state index in [1.807, 2.05) is 24.1 Å². The molecule has 0 radical (unpaired) electrons. The normalized spacial score (nSPS) is 14.8. The molecule has 2 aliphatic rings. The van der Waals surface area contributed by atoms with Crippen LogP contribution < -0.4 is 11.1 Å². The summed E-state index contributed by atoms with van der Waals surface area (Å²) >= 11 is 6.65. The van der Waals surface area contributed by atoms with E-state index >= 15 is 0 Å². The number of aromatic nitrogens is 6. The van der Waals surface area contributed by atoms with E-state index in [0.717, 1.165) is 36.3 Å². The van der Waals surface area contributed by atoms with Gasteiger partial charge in [-0.15, -0.1) is 0 Å². The topological polar surface area (TPSA) is 120 Å². The Labute approximate surface area is 206 Å². The molecule has 0 spiro atoms. The van der Waals surface area contributed by atoms with E-state index in [1.54, 1.807) is 23.1 Å². The fourth-order valence-corrected chi connectivity index (χ4v) is 5.12. The van der Waals surface area contributed by atoms with Crippen molar-refractivity contribution in [3.8, 4) is 11.4 Å². The zero-order valence-corrected chi connectivity index (χ0v) is 20.0. The molecule has 1 amide bonds. The third kappa shape index (κ3) is 3.99. The smallest absolute Gasteiger partial charge is 0.270 e. The van der Waals surface area contributed by atoms with Gasteiger partial charge in [-0.25, -0.2) is 0 Å². The summed E-state index contributed by atoms with van der Waals surface area (Å²) in [7, 11) is 1.82. The number of amides is 1. The lowest BCUT2D eigenvalue weighted by Crippen LogP contribution is -2.39. The first-order valence-electron chi connectivity index (χ1n) is 11.5. The number of nitrogens with zero attached hydrogens (tertiary/aromatic N) is 7. The Bertz CT molecular complexity index is 1460. The van der Waals surface area contributed by atoms with Crippen molar-refractivity contribution in [2.45, 2.75) is 32.4 Å². The Hall–Kier alpha value is -3.92. The average Bonchev–Trinajstić information content (AvgIpc) is 3.53. The number of hydrogen-bond acceptors (Lipinski definition) is 7. The van der Waals surface area contributed by atoms with Gasteiger partial charge >= 0.3 is 0 Å². The summed E-state index contributed by atoms with van der Waals surface area (Å²) in [4.78, 5) is 27.9. The largest absolute Gasteiger partial charge is 0.368 e. The molecule has 1 aliphatic carbocycles. The maximum absolute atomic E-state index is 13.2. The first-order chi connectivity index (χ1) is 16.9. The first kappa shape index (κ1) is 21.6. The van der Waals surface area contributed by atoms with Crippen LogP contribution in [0.1, 0.15) is 33.7 Å². The number of aryl methyl sites for hydroxylation is 2. The molecule has 0 saturated carbocycles. The minimum atomic E-state index is 0.0575. The summed E-state index contributed by atoms with van der Waals surface area (Å²) in [5.74, 6) is 0.866. The second-order valence-electron chi connectivity index (χ2n) is 8.91. The highest BCUT2D eigenvalue weighted by atomic mass is 35.5. The lowest BCUT2D eigenvalue weighted by Gasteiger charge is -2.29. The molecular formula is C24H24ClN9O. The van der Waals surface area contributed by atoms with Crippen LogP contribution in [-0.2, 0) is 33.0 Å². The summed E-state index contributed by atoms with van der Waals surface area (Å²) in [6.45, 7) is 1.93. The molecule has 6 rings (SSSR count). The number of anilines is 3. The molecule has 10 nitrogen and oxygen atoms in total. The molecule has 0 atom stereocenters. The number of nitrogens with two attached hydrogens (primary N) is 1. The van der Waals surface area contributed by atoms with Crippen molar-refractivity contribution in [2.75, 3.05) is 17.6 Å². The van der Waals surface area contributed by atoms with E-state index in [1.165, 1.54) is 17.7 Å². The highest BCUT2D eigenvalue weighted by Gasteiger charge is 2.30. The summed E-state index contributed by atoms with van der Waals surface area (Å²) in [6.07, 6.45) is 6.78. The first-order valence-corrected chi connectivity index (χ1v) is 11.9. The number of carbonyl (C=O) groups is 1. The van der Waals surface area contributed by atoms with Gasteiger partial charge in [-0.1, -0.05) is 23.7 Å². The zero-order chi connectivity index (χ0) is 24.1. The summed E-state index contributed by atoms with van der Waals surface area (Å²) in [6, 6.07) is 7.66. The Morgan fingerprint density at radius 3 is 2.83 bits per heavy atom. The van der Waals surface area contributed by atoms with Crippen molar-refractivity contribution in [3.05, 3.63) is 64.2 Å². The summed E-state index contributed by atoms with van der Waals surface area (Å²) in [5.41, 5.74) is 11.7. The predicted molar refractivity (Wildman–Crippen MR) is 132 cm³/mol. The number of benzene rings is 1. The molecule has 178 valence electrons. The number of fused-ring (bicyclic) bond motifs is 3. The molecule has 4 aromatic rings. The molecule has 0 fully saturated rings. The van der Waals surface area contributed by atoms with E-state index < -0.39 is 0 Å². The standard InChI is InChI=1S/C24H24ClN9O/c1-32-13-17(11-27-32)28-24-30-21(29-23(26)31-24)15-5-6-16(18(25)9-15)12-33-7-8-34-19-4-2-3-14(19)10-20(34)22(33)35/h5-6,9-11,13H,2-4,7-8,12H2,1H3,(H3,26,28,29,30,31). The quantitative estimate of drug-likeness (QED) is 0.441. The molecule has 11 heteroatoms. The highest BCUT2D eigenvalue weighted by molar-refractivity contribution is 6.31. The van der Waals surface area contributed by atoms with E-state index in [2.05, 4.69) is 36.0 Å². The van der Waals surface area contributed by atoms with Gasteiger partial charge in [0.2, 0.25) is 11.9 Å². The van der Waals surface area contributed by atoms with E-state index in [-0.39, 0.29) is 11.9 Å². The molecule has 0 bridgehead atoms. The molecular weight excluding hydrogens is 466 g/mol. The van der Waals surface area contributed by atoms with E-state index in [9.17, 15) is 4.79 Å². The minimum Gasteiger partial charge on any atom is -0.368 e. The molecule has 35 heavy (non-hydrogen) atoms. The van der Waals surface area contributed by atoms with Gasteiger partial charge in [-0.2, -0.15) is 20.1 Å². The number of nitrogens with one attached hydrogen (secondary N) is 1. The van der Waals surface area contributed by atoms with Crippen LogP contribution in [0.5, 0.6) is 0 Å². The number of halogens is 1. The SMILES string of the molecule is Cn1cc(Nc2nc(N)nc(-c3ccc(CN4CCn5c(cc6c5CCC6)C4=O)c(Cl)c3)n2)cn1. The Balaban J connectivity index is 1.22. The van der Waals surface area contributed by atoms with Gasteiger partial charge in [-0.05, 0) is 42.5 Å². The van der Waals surface area contributed by atoms with Gasteiger partial charge < -0.3 is 20.5 Å². The monoisotopic (exact) mass is 489 g/mol. The second-order valence-corrected chi connectivity index (χ2v) is 9.32. The third-order valence-corrected chi connectivity index (χ3v) is 6.90. The van der Waals surface area contributed by atoms with Crippen LogP contribution in [0.25, 0.3) is 11.4 Å². The summed E-state index contributed by atoms with van der Waals surface area (Å²) < 4.78 is 3.87. The molecule has 4 heterocycles. The summed E-state index contributed by atoms with van der Waals surface area (Å²) in [5, 5.41) is 7.74. The van der Waals surface area contributed by atoms with Crippen LogP contribution in [0.4, 0.5) is 17.6 Å². The third-order valence-electron chi connectivity index (χ3n) is 6.54. The Morgan fingerprint density at radius 1 is 1.14 bits per heavy atom. The number of rotatable bonds is 5. The van der Waals surface area contributed by atoms with Gasteiger partial charge in [0.15, 0.2) is 5.82 Å². The Morgan fingerprint density at radius 2 is 2.03 bits per heavy atom. The number of hydrogen-bond donors (Lipinski definition) is 2. The van der Waals surface area contributed by atoms with Crippen LogP contribution in [0.3, 0.4) is 0 Å². The van der Waals surface area contributed by atoms with Crippen LogP contribution in [0, 0.1) is 0 Å². The van der Waals surface area contributed by atoms with Crippen molar-refractivity contribution in [1.29, 1.82) is 0 Å². The van der Waals surface area contributed by atoms with E-state index in [0.29, 0.717) is 35.4 Å².